The zero-order valence-corrected chi connectivity index (χ0v) is 18.9. The Balaban J connectivity index is 1.84. The van der Waals surface area contributed by atoms with Gasteiger partial charge in [-0.2, -0.15) is 0 Å². The molecule has 31 heavy (non-hydrogen) atoms. The topological polar surface area (TPSA) is 106 Å². The molecule has 0 saturated carbocycles. The summed E-state index contributed by atoms with van der Waals surface area (Å²) in [5, 5.41) is 19.1. The molecule has 0 spiro atoms. The van der Waals surface area contributed by atoms with E-state index in [0.29, 0.717) is 12.4 Å². The van der Waals surface area contributed by atoms with Crippen molar-refractivity contribution in [1.82, 2.24) is 14.8 Å². The van der Waals surface area contributed by atoms with Crippen LogP contribution in [0.4, 0.5) is 0 Å². The number of nitrogens with two attached hydrogens (primary N) is 1. The summed E-state index contributed by atoms with van der Waals surface area (Å²) >= 11 is 1.67. The van der Waals surface area contributed by atoms with Crippen molar-refractivity contribution in [1.29, 1.82) is 0 Å². The molecule has 3 N–H and O–H groups in total. The molecule has 7 nitrogen and oxygen atoms in total. The standard InChI is InChI=1S/C23H27N5O2S/c1-13-14(2)31-23-20(13)21(17-9-7-16(8-10-17)6-4-5-11-24)25-18(12-19(29)30)22-27-26-15(3)28(22)23/h7-10,18H,4-6,11-12,24H2,1-3H3,(H,29,30)/t18-/m1/s1. The van der Waals surface area contributed by atoms with Gasteiger partial charge < -0.3 is 10.8 Å². The van der Waals surface area contributed by atoms with E-state index in [1.165, 1.54) is 10.4 Å². The number of aryl methyl sites for hydroxylation is 3. The summed E-state index contributed by atoms with van der Waals surface area (Å²) in [7, 11) is 0. The minimum absolute atomic E-state index is 0.133. The molecule has 0 unspecified atom stereocenters. The Morgan fingerprint density at radius 3 is 2.58 bits per heavy atom. The van der Waals surface area contributed by atoms with Gasteiger partial charge >= 0.3 is 5.97 Å². The Kier molecular flexibility index (Phi) is 6.02. The molecule has 3 heterocycles. The van der Waals surface area contributed by atoms with Crippen molar-refractivity contribution in [2.75, 3.05) is 6.54 Å². The minimum atomic E-state index is -0.909. The highest BCUT2D eigenvalue weighted by molar-refractivity contribution is 7.15. The Labute approximate surface area is 185 Å². The van der Waals surface area contributed by atoms with Gasteiger partial charge in [0.15, 0.2) is 5.82 Å². The van der Waals surface area contributed by atoms with Gasteiger partial charge in [0, 0.05) is 16.0 Å². The lowest BCUT2D eigenvalue weighted by Crippen LogP contribution is -2.10. The van der Waals surface area contributed by atoms with Gasteiger partial charge in [0.1, 0.15) is 16.9 Å². The molecule has 1 atom stereocenters. The highest BCUT2D eigenvalue weighted by Crippen LogP contribution is 2.39. The maximum atomic E-state index is 11.6. The number of carbonyl (C=O) groups is 1. The highest BCUT2D eigenvalue weighted by Gasteiger charge is 2.32. The van der Waals surface area contributed by atoms with E-state index < -0.39 is 12.0 Å². The number of carboxylic acid groups (broad SMARTS) is 1. The molecule has 0 saturated heterocycles. The monoisotopic (exact) mass is 437 g/mol. The summed E-state index contributed by atoms with van der Waals surface area (Å²) < 4.78 is 1.98. The first-order valence-electron chi connectivity index (χ1n) is 10.5. The molecule has 0 radical (unpaired) electrons. The number of thiophene rings is 1. The van der Waals surface area contributed by atoms with E-state index in [0.717, 1.165) is 52.5 Å². The third-order valence-electron chi connectivity index (χ3n) is 5.75. The average Bonchev–Trinajstić information content (AvgIpc) is 3.21. The maximum absolute atomic E-state index is 11.6. The number of rotatable bonds is 7. The second kappa shape index (κ2) is 8.72. The zero-order valence-electron chi connectivity index (χ0n) is 18.1. The largest absolute Gasteiger partial charge is 0.481 e. The first-order chi connectivity index (χ1) is 14.9. The van der Waals surface area contributed by atoms with Gasteiger partial charge in [0.05, 0.1) is 12.1 Å². The smallest absolute Gasteiger partial charge is 0.306 e. The van der Waals surface area contributed by atoms with Crippen LogP contribution in [0.15, 0.2) is 29.3 Å². The van der Waals surface area contributed by atoms with Gasteiger partial charge in [-0.1, -0.05) is 24.3 Å². The molecule has 0 amide bonds. The summed E-state index contributed by atoms with van der Waals surface area (Å²) in [4.78, 5) is 17.8. The molecular formula is C23H27N5O2S. The number of carboxylic acids is 1. The van der Waals surface area contributed by atoms with Crippen LogP contribution < -0.4 is 5.73 Å². The van der Waals surface area contributed by atoms with Crippen LogP contribution in [-0.2, 0) is 11.2 Å². The van der Waals surface area contributed by atoms with Crippen molar-refractivity contribution in [2.24, 2.45) is 10.7 Å². The van der Waals surface area contributed by atoms with Gasteiger partial charge in [-0.3, -0.25) is 14.4 Å². The van der Waals surface area contributed by atoms with E-state index >= 15 is 0 Å². The lowest BCUT2D eigenvalue weighted by Gasteiger charge is -2.11. The quantitative estimate of drug-likeness (QED) is 0.545. The number of hydrogen-bond acceptors (Lipinski definition) is 6. The van der Waals surface area contributed by atoms with Crippen molar-refractivity contribution in [3.63, 3.8) is 0 Å². The predicted molar refractivity (Wildman–Crippen MR) is 123 cm³/mol. The Bertz CT molecular complexity index is 1140. The van der Waals surface area contributed by atoms with Gasteiger partial charge in [0.2, 0.25) is 0 Å². The van der Waals surface area contributed by atoms with E-state index in [-0.39, 0.29) is 6.42 Å². The molecule has 8 heteroatoms. The van der Waals surface area contributed by atoms with Crippen LogP contribution in [0.5, 0.6) is 0 Å². The molecule has 4 rings (SSSR count). The molecule has 0 aliphatic carbocycles. The Morgan fingerprint density at radius 1 is 1.16 bits per heavy atom. The SMILES string of the molecule is Cc1sc2c(c1C)C(c1ccc(CCCCN)cc1)=N[C@H](CC(=O)O)c1nnc(C)n1-2. The van der Waals surface area contributed by atoms with E-state index in [9.17, 15) is 9.90 Å². The molecule has 2 aromatic heterocycles. The van der Waals surface area contributed by atoms with Gasteiger partial charge in [-0.05, 0) is 57.7 Å². The van der Waals surface area contributed by atoms with Crippen LogP contribution in [-0.4, -0.2) is 38.1 Å². The van der Waals surface area contributed by atoms with Crippen LogP contribution in [0.2, 0.25) is 0 Å². The third-order valence-corrected chi connectivity index (χ3v) is 6.95. The first-order valence-corrected chi connectivity index (χ1v) is 11.3. The van der Waals surface area contributed by atoms with Crippen molar-refractivity contribution in [3.05, 3.63) is 63.0 Å². The van der Waals surface area contributed by atoms with Crippen molar-refractivity contribution in [3.8, 4) is 5.00 Å². The van der Waals surface area contributed by atoms with Crippen LogP contribution >= 0.6 is 11.3 Å². The van der Waals surface area contributed by atoms with Crippen LogP contribution in [0, 0.1) is 20.8 Å². The lowest BCUT2D eigenvalue weighted by molar-refractivity contribution is -0.137. The lowest BCUT2D eigenvalue weighted by atomic mass is 9.97. The number of aliphatic imine (C=N–C) groups is 1. The van der Waals surface area contributed by atoms with E-state index in [1.807, 2.05) is 11.5 Å². The second-order valence-electron chi connectivity index (χ2n) is 7.94. The van der Waals surface area contributed by atoms with Crippen LogP contribution in [0.1, 0.15) is 64.1 Å². The van der Waals surface area contributed by atoms with Crippen LogP contribution in [0.25, 0.3) is 5.00 Å². The van der Waals surface area contributed by atoms with Crippen LogP contribution in [0.3, 0.4) is 0 Å². The number of aliphatic carboxylic acids is 1. The van der Waals surface area contributed by atoms with E-state index in [1.54, 1.807) is 11.3 Å². The molecule has 3 aromatic rings. The molecule has 0 bridgehead atoms. The summed E-state index contributed by atoms with van der Waals surface area (Å²) in [5.41, 5.74) is 10.9. The number of fused-ring (bicyclic) bond motifs is 3. The summed E-state index contributed by atoms with van der Waals surface area (Å²) in [6, 6.07) is 7.83. The fourth-order valence-corrected chi connectivity index (χ4v) is 5.21. The van der Waals surface area contributed by atoms with E-state index in [4.69, 9.17) is 10.7 Å². The van der Waals surface area contributed by atoms with Gasteiger partial charge in [-0.25, -0.2) is 0 Å². The van der Waals surface area contributed by atoms with Crippen molar-refractivity contribution < 1.29 is 9.90 Å². The fourth-order valence-electron chi connectivity index (χ4n) is 3.99. The summed E-state index contributed by atoms with van der Waals surface area (Å²) in [6.07, 6.45) is 2.94. The molecule has 1 aromatic carbocycles. The highest BCUT2D eigenvalue weighted by atomic mass is 32.1. The molecule has 0 fully saturated rings. The predicted octanol–water partition coefficient (Wildman–Crippen LogP) is 3.90. The van der Waals surface area contributed by atoms with Gasteiger partial charge in [-0.15, -0.1) is 21.5 Å². The Morgan fingerprint density at radius 2 is 1.90 bits per heavy atom. The average molecular weight is 438 g/mol. The zero-order chi connectivity index (χ0) is 22.1. The Hall–Kier alpha value is -2.84. The molecule has 162 valence electrons. The van der Waals surface area contributed by atoms with Crippen molar-refractivity contribution >= 4 is 23.0 Å². The van der Waals surface area contributed by atoms with Crippen molar-refractivity contribution in [2.45, 2.75) is 52.5 Å². The number of aromatic nitrogens is 3. The number of nitrogens with zero attached hydrogens (tertiary/aromatic N) is 4. The number of benzene rings is 1. The first kappa shape index (κ1) is 21.4. The molecule has 1 aliphatic heterocycles. The molecule has 1 aliphatic rings. The number of unbranched alkanes of at least 4 members (excludes halogenated alkanes) is 1. The normalized spacial score (nSPS) is 15.2. The molecular weight excluding hydrogens is 410 g/mol. The minimum Gasteiger partial charge on any atom is -0.481 e. The summed E-state index contributed by atoms with van der Waals surface area (Å²) in [6.45, 7) is 6.80. The maximum Gasteiger partial charge on any atom is 0.306 e. The summed E-state index contributed by atoms with van der Waals surface area (Å²) in [5.74, 6) is 0.407. The second-order valence-corrected chi connectivity index (χ2v) is 9.14. The van der Waals surface area contributed by atoms with Gasteiger partial charge in [0.25, 0.3) is 0 Å². The van der Waals surface area contributed by atoms with E-state index in [2.05, 4.69) is 48.3 Å². The fraction of sp³-hybridized carbons (Fsp3) is 0.391. The third kappa shape index (κ3) is 4.05. The number of hydrogen-bond donors (Lipinski definition) is 2.